The van der Waals surface area contributed by atoms with E-state index >= 15 is 0 Å². The molecule has 3 nitrogen and oxygen atoms in total. The zero-order valence-corrected chi connectivity index (χ0v) is 10.6. The minimum absolute atomic E-state index is 0.0219. The Bertz CT molecular complexity index is 226. The Morgan fingerprint density at radius 2 is 1.93 bits per heavy atom. The van der Waals surface area contributed by atoms with Gasteiger partial charge in [-0.1, -0.05) is 34.6 Å². The van der Waals surface area contributed by atoms with Crippen molar-refractivity contribution in [2.45, 2.75) is 53.2 Å². The maximum Gasteiger partial charge on any atom is 0.241 e. The molecule has 0 saturated carbocycles. The molecule has 2 unspecified atom stereocenters. The number of carbonyl (C=O) groups is 1. The third-order valence-electron chi connectivity index (χ3n) is 2.91. The van der Waals surface area contributed by atoms with E-state index in [0.717, 1.165) is 13.0 Å². The van der Waals surface area contributed by atoms with Crippen LogP contribution in [0.25, 0.3) is 0 Å². The summed E-state index contributed by atoms with van der Waals surface area (Å²) in [7, 11) is 0. The Morgan fingerprint density at radius 3 is 2.33 bits per heavy atom. The maximum atomic E-state index is 12.1. The summed E-state index contributed by atoms with van der Waals surface area (Å²) < 4.78 is 0. The third kappa shape index (κ3) is 2.71. The van der Waals surface area contributed by atoms with Gasteiger partial charge in [0.1, 0.15) is 0 Å². The van der Waals surface area contributed by atoms with Gasteiger partial charge in [0, 0.05) is 6.54 Å². The van der Waals surface area contributed by atoms with Gasteiger partial charge in [-0.2, -0.15) is 0 Å². The molecule has 1 heterocycles. The van der Waals surface area contributed by atoms with E-state index in [1.807, 2.05) is 4.90 Å². The standard InChI is InChI=1S/C12H24N2O/c1-6-10-13-11(9(4)5)12(15)14(10)7-8(2)3/h8-11,13H,6-7H2,1-5H3. The van der Waals surface area contributed by atoms with Gasteiger partial charge in [0.2, 0.25) is 5.91 Å². The van der Waals surface area contributed by atoms with Crippen LogP contribution >= 0.6 is 0 Å². The van der Waals surface area contributed by atoms with Crippen LogP contribution < -0.4 is 5.32 Å². The second-order valence-electron chi connectivity index (χ2n) is 5.20. The topological polar surface area (TPSA) is 32.3 Å². The molecule has 0 bridgehead atoms. The number of amides is 1. The van der Waals surface area contributed by atoms with Crippen LogP contribution in [0.1, 0.15) is 41.0 Å². The highest BCUT2D eigenvalue weighted by atomic mass is 16.2. The van der Waals surface area contributed by atoms with Gasteiger partial charge in [-0.25, -0.2) is 0 Å². The number of carbonyl (C=O) groups excluding carboxylic acids is 1. The molecule has 0 aliphatic carbocycles. The summed E-state index contributed by atoms with van der Waals surface area (Å²) in [5.74, 6) is 1.20. The summed E-state index contributed by atoms with van der Waals surface area (Å²) in [4.78, 5) is 14.1. The molecule has 2 atom stereocenters. The molecule has 1 aliphatic rings. The maximum absolute atomic E-state index is 12.1. The molecule has 1 saturated heterocycles. The summed E-state index contributed by atoms with van der Waals surface area (Å²) in [6.45, 7) is 11.5. The lowest BCUT2D eigenvalue weighted by Gasteiger charge is -2.24. The Kier molecular flexibility index (Phi) is 4.14. The molecule has 0 radical (unpaired) electrons. The Labute approximate surface area is 93.2 Å². The summed E-state index contributed by atoms with van der Waals surface area (Å²) >= 11 is 0. The van der Waals surface area contributed by atoms with Gasteiger partial charge in [-0.3, -0.25) is 10.1 Å². The zero-order chi connectivity index (χ0) is 11.6. The summed E-state index contributed by atoms with van der Waals surface area (Å²) in [5.41, 5.74) is 0. The first-order chi connectivity index (χ1) is 6.97. The molecule has 1 N–H and O–H groups in total. The lowest BCUT2D eigenvalue weighted by Crippen LogP contribution is -2.39. The van der Waals surface area contributed by atoms with Crippen molar-refractivity contribution in [3.05, 3.63) is 0 Å². The SMILES string of the molecule is CCC1NC(C(C)C)C(=O)N1CC(C)C. The zero-order valence-electron chi connectivity index (χ0n) is 10.6. The van der Waals surface area contributed by atoms with E-state index in [9.17, 15) is 4.79 Å². The monoisotopic (exact) mass is 212 g/mol. The summed E-state index contributed by atoms with van der Waals surface area (Å²) in [6, 6.07) is 0.0219. The van der Waals surface area contributed by atoms with E-state index < -0.39 is 0 Å². The van der Waals surface area contributed by atoms with E-state index in [-0.39, 0.29) is 18.1 Å². The van der Waals surface area contributed by atoms with Gasteiger partial charge in [0.05, 0.1) is 12.2 Å². The van der Waals surface area contributed by atoms with Crippen molar-refractivity contribution in [1.29, 1.82) is 0 Å². The van der Waals surface area contributed by atoms with Crippen LogP contribution in [0.4, 0.5) is 0 Å². The van der Waals surface area contributed by atoms with Crippen LogP contribution in [0, 0.1) is 11.8 Å². The number of hydrogen-bond acceptors (Lipinski definition) is 2. The van der Waals surface area contributed by atoms with Crippen LogP contribution in [0.15, 0.2) is 0 Å². The van der Waals surface area contributed by atoms with E-state index in [1.165, 1.54) is 0 Å². The molecule has 1 fully saturated rings. The highest BCUT2D eigenvalue weighted by molar-refractivity contribution is 5.84. The predicted molar refractivity (Wildman–Crippen MR) is 62.4 cm³/mol. The lowest BCUT2D eigenvalue weighted by molar-refractivity contribution is -0.131. The second kappa shape index (κ2) is 4.97. The van der Waals surface area contributed by atoms with E-state index in [4.69, 9.17) is 0 Å². The Balaban J connectivity index is 2.72. The van der Waals surface area contributed by atoms with Crippen LogP contribution in [0.5, 0.6) is 0 Å². The second-order valence-corrected chi connectivity index (χ2v) is 5.20. The van der Waals surface area contributed by atoms with E-state index in [2.05, 4.69) is 39.9 Å². The lowest BCUT2D eigenvalue weighted by atomic mass is 10.0. The highest BCUT2D eigenvalue weighted by Gasteiger charge is 2.39. The number of rotatable bonds is 4. The normalized spacial score (nSPS) is 27.1. The van der Waals surface area contributed by atoms with Crippen molar-refractivity contribution in [1.82, 2.24) is 10.2 Å². The summed E-state index contributed by atoms with van der Waals surface area (Å²) in [6.07, 6.45) is 1.23. The fourth-order valence-corrected chi connectivity index (χ4v) is 2.13. The molecule has 15 heavy (non-hydrogen) atoms. The average molecular weight is 212 g/mol. The highest BCUT2D eigenvalue weighted by Crippen LogP contribution is 2.19. The first kappa shape index (κ1) is 12.5. The van der Waals surface area contributed by atoms with Crippen LogP contribution in [0.3, 0.4) is 0 Å². The molecule has 0 aromatic rings. The minimum Gasteiger partial charge on any atom is -0.326 e. The van der Waals surface area contributed by atoms with Crippen LogP contribution in [-0.2, 0) is 4.79 Å². The van der Waals surface area contributed by atoms with E-state index in [0.29, 0.717) is 11.8 Å². The molecular formula is C12H24N2O. The first-order valence-corrected chi connectivity index (χ1v) is 6.03. The van der Waals surface area contributed by atoms with Gasteiger partial charge in [0.15, 0.2) is 0 Å². The molecule has 1 rings (SSSR count). The van der Waals surface area contributed by atoms with Crippen molar-refractivity contribution in [3.63, 3.8) is 0 Å². The molecular weight excluding hydrogens is 188 g/mol. The molecule has 1 aliphatic heterocycles. The largest absolute Gasteiger partial charge is 0.326 e. The number of nitrogens with one attached hydrogen (secondary N) is 1. The average Bonchev–Trinajstić information content (AvgIpc) is 2.43. The molecule has 0 aromatic heterocycles. The van der Waals surface area contributed by atoms with Crippen molar-refractivity contribution in [2.24, 2.45) is 11.8 Å². The molecule has 0 spiro atoms. The molecule has 0 aromatic carbocycles. The van der Waals surface area contributed by atoms with Crippen LogP contribution in [0.2, 0.25) is 0 Å². The summed E-state index contributed by atoms with van der Waals surface area (Å²) in [5, 5.41) is 3.42. The van der Waals surface area contributed by atoms with Gasteiger partial charge in [0.25, 0.3) is 0 Å². The van der Waals surface area contributed by atoms with E-state index in [1.54, 1.807) is 0 Å². The van der Waals surface area contributed by atoms with Crippen LogP contribution in [-0.4, -0.2) is 29.6 Å². The van der Waals surface area contributed by atoms with Crippen molar-refractivity contribution in [2.75, 3.05) is 6.54 Å². The number of nitrogens with zero attached hydrogens (tertiary/aromatic N) is 1. The smallest absolute Gasteiger partial charge is 0.241 e. The number of hydrogen-bond donors (Lipinski definition) is 1. The minimum atomic E-state index is 0.0219. The Hall–Kier alpha value is -0.570. The van der Waals surface area contributed by atoms with Crippen molar-refractivity contribution in [3.8, 4) is 0 Å². The van der Waals surface area contributed by atoms with Crippen molar-refractivity contribution >= 4 is 5.91 Å². The predicted octanol–water partition coefficient (Wildman–Crippen LogP) is 1.83. The molecule has 3 heteroatoms. The fourth-order valence-electron chi connectivity index (χ4n) is 2.13. The third-order valence-corrected chi connectivity index (χ3v) is 2.91. The quantitative estimate of drug-likeness (QED) is 0.771. The molecule has 1 amide bonds. The Morgan fingerprint density at radius 1 is 1.33 bits per heavy atom. The van der Waals surface area contributed by atoms with Gasteiger partial charge >= 0.3 is 0 Å². The van der Waals surface area contributed by atoms with Gasteiger partial charge in [-0.05, 0) is 18.3 Å². The molecule has 88 valence electrons. The van der Waals surface area contributed by atoms with Gasteiger partial charge < -0.3 is 4.90 Å². The van der Waals surface area contributed by atoms with Gasteiger partial charge in [-0.15, -0.1) is 0 Å². The van der Waals surface area contributed by atoms with Crippen molar-refractivity contribution < 1.29 is 4.79 Å². The fraction of sp³-hybridized carbons (Fsp3) is 0.917. The first-order valence-electron chi connectivity index (χ1n) is 6.03.